The summed E-state index contributed by atoms with van der Waals surface area (Å²) in [6.07, 6.45) is 2.01. The van der Waals surface area contributed by atoms with Crippen molar-refractivity contribution in [2.75, 3.05) is 37.6 Å². The fraction of sp³-hybridized carbons (Fsp3) is 0.800. The topological polar surface area (TPSA) is 38.2 Å². The van der Waals surface area contributed by atoms with E-state index in [1.165, 1.54) is 11.5 Å². The van der Waals surface area contributed by atoms with E-state index in [4.69, 9.17) is 16.3 Å². The maximum atomic E-state index is 5.77. The van der Waals surface area contributed by atoms with Gasteiger partial charge in [0.15, 0.2) is 0 Å². The summed E-state index contributed by atoms with van der Waals surface area (Å²) in [5.74, 6) is 1.52. The van der Waals surface area contributed by atoms with Crippen LogP contribution in [0.5, 0.6) is 0 Å². The van der Waals surface area contributed by atoms with E-state index >= 15 is 0 Å². The van der Waals surface area contributed by atoms with Crippen molar-refractivity contribution in [1.29, 1.82) is 0 Å². The third kappa shape index (κ3) is 4.23. The summed E-state index contributed by atoms with van der Waals surface area (Å²) < 4.78 is 9.39. The fourth-order valence-corrected chi connectivity index (χ4v) is 2.27. The summed E-state index contributed by atoms with van der Waals surface area (Å²) in [7, 11) is 1.70. The number of alkyl halides is 1. The lowest BCUT2D eigenvalue weighted by Gasteiger charge is -2.19. The lowest BCUT2D eigenvalue weighted by Crippen LogP contribution is -2.29. The minimum atomic E-state index is 0.590. The van der Waals surface area contributed by atoms with Gasteiger partial charge in [0, 0.05) is 44.0 Å². The van der Waals surface area contributed by atoms with Crippen LogP contribution in [0.3, 0.4) is 0 Å². The molecule has 0 saturated heterocycles. The van der Waals surface area contributed by atoms with Crippen molar-refractivity contribution >= 4 is 28.3 Å². The number of aromatic nitrogens is 2. The molecule has 0 aliphatic rings. The maximum Gasteiger partial charge on any atom is 0.205 e. The predicted octanol–water partition coefficient (Wildman–Crippen LogP) is 2.18. The lowest BCUT2D eigenvalue weighted by molar-refractivity contribution is 0.205. The first-order valence-electron chi connectivity index (χ1n) is 5.44. The van der Waals surface area contributed by atoms with Crippen LogP contribution in [-0.4, -0.2) is 42.0 Å². The molecule has 1 aromatic rings. The number of nitrogens with zero attached hydrogens (tertiary/aromatic N) is 3. The lowest BCUT2D eigenvalue weighted by atomic mass is 10.3. The highest BCUT2D eigenvalue weighted by Crippen LogP contribution is 2.17. The van der Waals surface area contributed by atoms with E-state index in [1.54, 1.807) is 7.11 Å². The normalized spacial score (nSPS) is 10.7. The number of hydrogen-bond donors (Lipinski definition) is 0. The number of anilines is 1. The molecule has 16 heavy (non-hydrogen) atoms. The Morgan fingerprint density at radius 2 is 2.25 bits per heavy atom. The smallest absolute Gasteiger partial charge is 0.205 e. The van der Waals surface area contributed by atoms with Crippen LogP contribution < -0.4 is 4.90 Å². The Hall–Kier alpha value is -0.390. The first-order valence-corrected chi connectivity index (χ1v) is 6.75. The molecule has 0 spiro atoms. The number of halogens is 1. The van der Waals surface area contributed by atoms with Crippen molar-refractivity contribution in [3.63, 3.8) is 0 Å². The number of methoxy groups -OCH3 is 1. The molecule has 0 N–H and O–H groups in total. The molecule has 92 valence electrons. The van der Waals surface area contributed by atoms with E-state index < -0.39 is 0 Å². The van der Waals surface area contributed by atoms with Crippen LogP contribution in [0.2, 0.25) is 0 Å². The molecule has 0 atom stereocenters. The van der Waals surface area contributed by atoms with Crippen molar-refractivity contribution in [2.45, 2.75) is 19.8 Å². The second-order valence-corrected chi connectivity index (χ2v) is 4.52. The van der Waals surface area contributed by atoms with Gasteiger partial charge in [-0.25, -0.2) is 4.98 Å². The van der Waals surface area contributed by atoms with Crippen molar-refractivity contribution in [1.82, 2.24) is 9.36 Å². The zero-order valence-electron chi connectivity index (χ0n) is 9.78. The molecule has 0 aliphatic heterocycles. The van der Waals surface area contributed by atoms with Crippen molar-refractivity contribution < 1.29 is 4.74 Å². The quantitative estimate of drug-likeness (QED) is 0.674. The van der Waals surface area contributed by atoms with Gasteiger partial charge in [-0.3, -0.25) is 0 Å². The molecule has 0 unspecified atom stereocenters. The molecule has 0 bridgehead atoms. The number of rotatable bonds is 8. The highest BCUT2D eigenvalue weighted by molar-refractivity contribution is 7.09. The van der Waals surface area contributed by atoms with E-state index in [2.05, 4.69) is 21.2 Å². The zero-order chi connectivity index (χ0) is 11.8. The molecule has 0 radical (unpaired) electrons. The van der Waals surface area contributed by atoms with Gasteiger partial charge in [-0.05, 0) is 6.42 Å². The molecule has 0 aliphatic carbocycles. The van der Waals surface area contributed by atoms with Gasteiger partial charge in [0.25, 0.3) is 0 Å². The van der Waals surface area contributed by atoms with E-state index in [0.717, 1.165) is 36.9 Å². The molecular formula is C10H18ClN3OS. The summed E-state index contributed by atoms with van der Waals surface area (Å²) in [5, 5.41) is 0.946. The van der Waals surface area contributed by atoms with Crippen LogP contribution in [-0.2, 0) is 11.2 Å². The average Bonchev–Trinajstić information content (AvgIpc) is 2.73. The highest BCUT2D eigenvalue weighted by Gasteiger charge is 2.11. The Morgan fingerprint density at radius 3 is 2.88 bits per heavy atom. The van der Waals surface area contributed by atoms with Gasteiger partial charge >= 0.3 is 0 Å². The number of ether oxygens (including phenoxy) is 1. The van der Waals surface area contributed by atoms with Crippen molar-refractivity contribution in [2.24, 2.45) is 0 Å². The van der Waals surface area contributed by atoms with Gasteiger partial charge in [0.2, 0.25) is 5.13 Å². The van der Waals surface area contributed by atoms with Crippen LogP contribution in [0.25, 0.3) is 0 Å². The van der Waals surface area contributed by atoms with E-state index in [9.17, 15) is 0 Å². The van der Waals surface area contributed by atoms with Gasteiger partial charge in [-0.15, -0.1) is 11.6 Å². The first kappa shape index (κ1) is 13.7. The monoisotopic (exact) mass is 263 g/mol. The average molecular weight is 264 g/mol. The zero-order valence-corrected chi connectivity index (χ0v) is 11.4. The SMILES string of the molecule is CCCc1nsc(N(CCCl)CCOC)n1. The number of hydrogen-bond acceptors (Lipinski definition) is 5. The van der Waals surface area contributed by atoms with Crippen LogP contribution in [0.15, 0.2) is 0 Å². The van der Waals surface area contributed by atoms with Crippen LogP contribution in [0, 0.1) is 0 Å². The van der Waals surface area contributed by atoms with Crippen molar-refractivity contribution in [3.8, 4) is 0 Å². The Morgan fingerprint density at radius 1 is 1.44 bits per heavy atom. The minimum Gasteiger partial charge on any atom is -0.383 e. The van der Waals surface area contributed by atoms with E-state index in [-0.39, 0.29) is 0 Å². The van der Waals surface area contributed by atoms with Crippen molar-refractivity contribution in [3.05, 3.63) is 5.82 Å². The second kappa shape index (κ2) is 7.81. The van der Waals surface area contributed by atoms with Gasteiger partial charge in [0.1, 0.15) is 5.82 Å². The summed E-state index contributed by atoms with van der Waals surface area (Å²) in [4.78, 5) is 6.61. The molecule has 0 aromatic carbocycles. The Bertz CT molecular complexity index is 295. The maximum absolute atomic E-state index is 5.77. The number of aryl methyl sites for hydroxylation is 1. The molecule has 4 nitrogen and oxygen atoms in total. The van der Waals surface area contributed by atoms with Gasteiger partial charge in [-0.1, -0.05) is 6.92 Å². The van der Waals surface area contributed by atoms with Gasteiger partial charge < -0.3 is 9.64 Å². The Kier molecular flexibility index (Phi) is 6.68. The summed E-state index contributed by atoms with van der Waals surface area (Å²) >= 11 is 7.21. The van der Waals surface area contributed by atoms with Crippen LogP contribution in [0.1, 0.15) is 19.2 Å². The van der Waals surface area contributed by atoms with Crippen LogP contribution in [0.4, 0.5) is 5.13 Å². The summed E-state index contributed by atoms with van der Waals surface area (Å²) in [5.41, 5.74) is 0. The minimum absolute atomic E-state index is 0.590. The highest BCUT2D eigenvalue weighted by atomic mass is 35.5. The largest absolute Gasteiger partial charge is 0.383 e. The molecular weight excluding hydrogens is 246 g/mol. The Labute approximate surface area is 106 Å². The summed E-state index contributed by atoms with van der Waals surface area (Å²) in [6.45, 7) is 4.40. The predicted molar refractivity (Wildman–Crippen MR) is 68.7 cm³/mol. The standard InChI is InChI=1S/C10H18ClN3OS/c1-3-4-9-12-10(16-13-9)14(6-5-11)7-8-15-2/h3-8H2,1-2H3. The fourth-order valence-electron chi connectivity index (χ4n) is 1.30. The van der Waals surface area contributed by atoms with Crippen LogP contribution >= 0.6 is 23.1 Å². The molecule has 0 amide bonds. The molecule has 0 fully saturated rings. The first-order chi connectivity index (χ1) is 7.81. The van der Waals surface area contributed by atoms with E-state index in [0.29, 0.717) is 12.5 Å². The second-order valence-electron chi connectivity index (χ2n) is 3.41. The van der Waals surface area contributed by atoms with Gasteiger partial charge in [0.05, 0.1) is 6.61 Å². The third-order valence-electron chi connectivity index (χ3n) is 2.12. The molecule has 1 aromatic heterocycles. The Balaban J connectivity index is 2.59. The third-order valence-corrected chi connectivity index (χ3v) is 3.11. The molecule has 1 heterocycles. The van der Waals surface area contributed by atoms with E-state index in [1.807, 2.05) is 0 Å². The van der Waals surface area contributed by atoms with Gasteiger partial charge in [-0.2, -0.15) is 4.37 Å². The summed E-state index contributed by atoms with van der Waals surface area (Å²) in [6, 6.07) is 0. The molecule has 0 saturated carbocycles. The molecule has 1 rings (SSSR count). The molecule has 6 heteroatoms.